The Kier molecular flexibility index (Phi) is 6.81. The van der Waals surface area contributed by atoms with Gasteiger partial charge in [-0.1, -0.05) is 24.3 Å². The lowest BCUT2D eigenvalue weighted by Crippen LogP contribution is -2.44. The van der Waals surface area contributed by atoms with Gasteiger partial charge in [0.25, 0.3) is 11.8 Å². The van der Waals surface area contributed by atoms with Crippen molar-refractivity contribution in [2.24, 2.45) is 0 Å². The molecule has 0 aliphatic carbocycles. The lowest BCUT2D eigenvalue weighted by atomic mass is 10.1. The van der Waals surface area contributed by atoms with Gasteiger partial charge in [-0.25, -0.2) is 0 Å². The number of methoxy groups -OCH3 is 2. The van der Waals surface area contributed by atoms with Crippen molar-refractivity contribution in [2.75, 3.05) is 25.7 Å². The Labute approximate surface area is 215 Å². The highest BCUT2D eigenvalue weighted by molar-refractivity contribution is 6.11. The van der Waals surface area contributed by atoms with Crippen molar-refractivity contribution in [1.82, 2.24) is 10.2 Å². The number of rotatable bonds is 7. The van der Waals surface area contributed by atoms with E-state index in [9.17, 15) is 14.4 Å². The van der Waals surface area contributed by atoms with Crippen LogP contribution in [-0.2, 0) is 17.9 Å². The molecule has 190 valence electrons. The molecule has 1 fully saturated rings. The molecule has 5 rings (SSSR count). The minimum Gasteiger partial charge on any atom is -0.497 e. The zero-order valence-electron chi connectivity index (χ0n) is 20.9. The van der Waals surface area contributed by atoms with Gasteiger partial charge in [-0.15, -0.1) is 0 Å². The Morgan fingerprint density at radius 2 is 1.65 bits per heavy atom. The molecule has 0 aromatic heterocycles. The summed E-state index contributed by atoms with van der Waals surface area (Å²) in [7, 11) is 3.16. The number of amides is 3. The number of hydrogen-bond donors (Lipinski definition) is 1. The fourth-order valence-electron chi connectivity index (χ4n) is 4.97. The predicted octanol–water partition coefficient (Wildman–Crippen LogP) is 3.79. The lowest BCUT2D eigenvalue weighted by Gasteiger charge is -2.26. The second-order valence-corrected chi connectivity index (χ2v) is 9.20. The highest BCUT2D eigenvalue weighted by Crippen LogP contribution is 2.33. The molecule has 1 saturated heterocycles. The molecular weight excluding hydrogens is 470 g/mol. The smallest absolute Gasteiger partial charge is 0.256 e. The average molecular weight is 500 g/mol. The second-order valence-electron chi connectivity index (χ2n) is 9.20. The Morgan fingerprint density at radius 1 is 0.946 bits per heavy atom. The largest absolute Gasteiger partial charge is 0.497 e. The van der Waals surface area contributed by atoms with Crippen molar-refractivity contribution in [3.05, 3.63) is 89.0 Å². The first-order valence-electron chi connectivity index (χ1n) is 12.3. The van der Waals surface area contributed by atoms with Crippen LogP contribution in [0.15, 0.2) is 66.7 Å². The van der Waals surface area contributed by atoms with Crippen LogP contribution >= 0.6 is 0 Å². The molecule has 8 nitrogen and oxygen atoms in total. The highest BCUT2D eigenvalue weighted by Gasteiger charge is 2.41. The maximum Gasteiger partial charge on any atom is 0.256 e. The van der Waals surface area contributed by atoms with E-state index in [0.717, 1.165) is 17.5 Å². The summed E-state index contributed by atoms with van der Waals surface area (Å²) in [4.78, 5) is 42.8. The summed E-state index contributed by atoms with van der Waals surface area (Å²) in [6.45, 7) is 1.24. The summed E-state index contributed by atoms with van der Waals surface area (Å²) in [5.41, 5.74) is 3.41. The monoisotopic (exact) mass is 499 g/mol. The molecule has 1 atom stereocenters. The molecule has 8 heteroatoms. The van der Waals surface area contributed by atoms with Crippen LogP contribution in [0.1, 0.15) is 44.7 Å². The number of ether oxygens (including phenoxy) is 2. The first-order valence-corrected chi connectivity index (χ1v) is 12.3. The van der Waals surface area contributed by atoms with Crippen LogP contribution in [0.2, 0.25) is 0 Å². The van der Waals surface area contributed by atoms with Crippen LogP contribution in [0.4, 0.5) is 5.69 Å². The van der Waals surface area contributed by atoms with Crippen molar-refractivity contribution in [3.63, 3.8) is 0 Å². The Balaban J connectivity index is 1.30. The van der Waals surface area contributed by atoms with Crippen molar-refractivity contribution in [1.29, 1.82) is 0 Å². The number of nitrogens with zero attached hydrogens (tertiary/aromatic N) is 2. The van der Waals surface area contributed by atoms with Gasteiger partial charge in [0.2, 0.25) is 5.91 Å². The minimum absolute atomic E-state index is 0.0636. The fraction of sp³-hybridized carbons (Fsp3) is 0.276. The van der Waals surface area contributed by atoms with E-state index >= 15 is 0 Å². The standard InChI is InChI=1S/C29H29N3O5/c1-36-22-14-20(15-23(16-22)37-2)17-30-27(33)21-11-9-19(10-12-21)18-32-25-7-4-3-6-24(25)28(34)31-13-5-8-26(31)29(32)35/h3-4,6-7,9-12,14-16,26H,5,8,13,17-18H2,1-2H3,(H,30,33)/t26-/m0/s1. The van der Waals surface area contributed by atoms with Crippen molar-refractivity contribution in [2.45, 2.75) is 32.0 Å². The Morgan fingerprint density at radius 3 is 2.35 bits per heavy atom. The van der Waals surface area contributed by atoms with Crippen molar-refractivity contribution >= 4 is 23.4 Å². The lowest BCUT2D eigenvalue weighted by molar-refractivity contribution is -0.122. The maximum absolute atomic E-state index is 13.5. The van der Waals surface area contributed by atoms with Gasteiger partial charge in [0.1, 0.15) is 17.5 Å². The third kappa shape index (κ3) is 4.87. The Bertz CT molecular complexity index is 1320. The van der Waals surface area contributed by atoms with E-state index in [1.807, 2.05) is 42.5 Å². The highest BCUT2D eigenvalue weighted by atomic mass is 16.5. The van der Waals surface area contributed by atoms with Gasteiger partial charge in [-0.05, 0) is 60.4 Å². The van der Waals surface area contributed by atoms with E-state index in [1.54, 1.807) is 48.3 Å². The van der Waals surface area contributed by atoms with Gasteiger partial charge in [-0.3, -0.25) is 14.4 Å². The van der Waals surface area contributed by atoms with Crippen molar-refractivity contribution < 1.29 is 23.9 Å². The first-order chi connectivity index (χ1) is 18.0. The average Bonchev–Trinajstić information content (AvgIpc) is 3.41. The topological polar surface area (TPSA) is 88.2 Å². The molecule has 2 heterocycles. The third-order valence-electron chi connectivity index (χ3n) is 6.91. The van der Waals surface area contributed by atoms with E-state index in [2.05, 4.69) is 5.32 Å². The third-order valence-corrected chi connectivity index (χ3v) is 6.91. The summed E-state index contributed by atoms with van der Waals surface area (Å²) >= 11 is 0. The van der Waals surface area contributed by atoms with E-state index in [0.29, 0.717) is 54.4 Å². The van der Waals surface area contributed by atoms with Gasteiger partial charge < -0.3 is 24.6 Å². The summed E-state index contributed by atoms with van der Waals surface area (Å²) in [5, 5.41) is 2.92. The van der Waals surface area contributed by atoms with Crippen molar-refractivity contribution in [3.8, 4) is 11.5 Å². The molecule has 3 aromatic carbocycles. The van der Waals surface area contributed by atoms with Crippen LogP contribution in [0.25, 0.3) is 0 Å². The number of anilines is 1. The molecule has 2 aliphatic heterocycles. The molecule has 0 spiro atoms. The number of hydrogen-bond acceptors (Lipinski definition) is 5. The summed E-state index contributed by atoms with van der Waals surface area (Å²) in [6.07, 6.45) is 1.50. The number of carbonyl (C=O) groups is 3. The molecule has 1 N–H and O–H groups in total. The van der Waals surface area contributed by atoms with E-state index in [1.165, 1.54) is 0 Å². The first kappa shape index (κ1) is 24.4. The van der Waals surface area contributed by atoms with Gasteiger partial charge >= 0.3 is 0 Å². The number of para-hydroxylation sites is 1. The van der Waals surface area contributed by atoms with Crippen LogP contribution in [-0.4, -0.2) is 49.4 Å². The molecule has 0 radical (unpaired) electrons. The van der Waals surface area contributed by atoms with Crippen LogP contribution in [0, 0.1) is 0 Å². The zero-order chi connectivity index (χ0) is 25.9. The molecular formula is C29H29N3O5. The van der Waals surface area contributed by atoms with Gasteiger partial charge in [-0.2, -0.15) is 0 Å². The second kappa shape index (κ2) is 10.3. The number of fused-ring (bicyclic) bond motifs is 2. The quantitative estimate of drug-likeness (QED) is 0.535. The minimum atomic E-state index is -0.430. The molecule has 3 amide bonds. The molecule has 0 bridgehead atoms. The Hall–Kier alpha value is -4.33. The van der Waals surface area contributed by atoms with Gasteiger partial charge in [0.05, 0.1) is 32.0 Å². The maximum atomic E-state index is 13.5. The number of carbonyl (C=O) groups excluding carboxylic acids is 3. The normalized spacial score (nSPS) is 16.6. The van der Waals surface area contributed by atoms with E-state index in [4.69, 9.17) is 9.47 Å². The molecule has 2 aliphatic rings. The zero-order valence-corrected chi connectivity index (χ0v) is 20.9. The van der Waals surface area contributed by atoms with E-state index < -0.39 is 6.04 Å². The predicted molar refractivity (Wildman–Crippen MR) is 139 cm³/mol. The van der Waals surface area contributed by atoms with E-state index in [-0.39, 0.29) is 17.7 Å². The SMILES string of the molecule is COc1cc(CNC(=O)c2ccc(CN3C(=O)[C@@H]4CCCN4C(=O)c4ccccc43)cc2)cc(OC)c1. The summed E-state index contributed by atoms with van der Waals surface area (Å²) in [5.74, 6) is 0.942. The number of benzene rings is 3. The van der Waals surface area contributed by atoms with Crippen LogP contribution < -0.4 is 19.7 Å². The molecule has 0 saturated carbocycles. The van der Waals surface area contributed by atoms with Crippen LogP contribution in [0.5, 0.6) is 11.5 Å². The molecule has 37 heavy (non-hydrogen) atoms. The van der Waals surface area contributed by atoms with Crippen LogP contribution in [0.3, 0.4) is 0 Å². The fourth-order valence-corrected chi connectivity index (χ4v) is 4.97. The molecule has 3 aromatic rings. The summed E-state index contributed by atoms with van der Waals surface area (Å²) < 4.78 is 10.6. The van der Waals surface area contributed by atoms with Gasteiger partial charge in [0, 0.05) is 24.7 Å². The summed E-state index contributed by atoms with van der Waals surface area (Å²) in [6, 6.07) is 19.5. The molecule has 0 unspecified atom stereocenters. The van der Waals surface area contributed by atoms with Gasteiger partial charge in [0.15, 0.2) is 0 Å². The number of nitrogens with one attached hydrogen (secondary N) is 1.